The first kappa shape index (κ1) is 13.8. The SMILES string of the molecule is COC1NCC2CC(OC3CCC(C)CC3)CCC21. The molecule has 1 aliphatic heterocycles. The maximum Gasteiger partial charge on any atom is 0.110 e. The van der Waals surface area contributed by atoms with Crippen molar-refractivity contribution >= 4 is 0 Å². The van der Waals surface area contributed by atoms with Crippen LogP contribution in [0.3, 0.4) is 0 Å². The van der Waals surface area contributed by atoms with Crippen molar-refractivity contribution in [1.29, 1.82) is 0 Å². The molecule has 1 heterocycles. The molecule has 0 aromatic heterocycles. The van der Waals surface area contributed by atoms with E-state index in [1.54, 1.807) is 0 Å². The lowest BCUT2D eigenvalue weighted by molar-refractivity contribution is -0.0725. The molecule has 0 amide bonds. The van der Waals surface area contributed by atoms with Crippen LogP contribution in [0.15, 0.2) is 0 Å². The summed E-state index contributed by atoms with van der Waals surface area (Å²) in [6.07, 6.45) is 10.4. The summed E-state index contributed by atoms with van der Waals surface area (Å²) in [6, 6.07) is 0. The normalized spacial score (nSPS) is 47.1. The summed E-state index contributed by atoms with van der Waals surface area (Å²) in [5.74, 6) is 2.40. The lowest BCUT2D eigenvalue weighted by atomic mass is 9.79. The van der Waals surface area contributed by atoms with Crippen molar-refractivity contribution in [3.8, 4) is 0 Å². The van der Waals surface area contributed by atoms with E-state index in [2.05, 4.69) is 12.2 Å². The van der Waals surface area contributed by atoms with E-state index in [0.29, 0.717) is 18.4 Å². The highest BCUT2D eigenvalue weighted by molar-refractivity contribution is 4.91. The molecule has 1 N–H and O–H groups in total. The highest BCUT2D eigenvalue weighted by Gasteiger charge is 2.41. The van der Waals surface area contributed by atoms with E-state index in [-0.39, 0.29) is 0 Å². The minimum atomic E-state index is 0.293. The van der Waals surface area contributed by atoms with Crippen LogP contribution in [0.1, 0.15) is 51.9 Å². The van der Waals surface area contributed by atoms with E-state index >= 15 is 0 Å². The predicted octanol–water partition coefficient (Wildman–Crippen LogP) is 2.94. The standard InChI is InChI=1S/C16H29NO2/c1-11-3-5-13(6-4-11)19-14-7-8-15-12(9-14)10-17-16(15)18-2/h11-17H,3-10H2,1-2H3. The average molecular weight is 267 g/mol. The molecule has 2 aliphatic carbocycles. The second-order valence-electron chi connectivity index (χ2n) is 6.94. The van der Waals surface area contributed by atoms with Crippen molar-refractivity contribution in [2.75, 3.05) is 13.7 Å². The number of hydrogen-bond donors (Lipinski definition) is 1. The summed E-state index contributed by atoms with van der Waals surface area (Å²) in [5, 5.41) is 3.50. The predicted molar refractivity (Wildman–Crippen MR) is 75.9 cm³/mol. The molecule has 3 rings (SSSR count). The lowest BCUT2D eigenvalue weighted by Gasteiger charge is -2.36. The summed E-state index contributed by atoms with van der Waals surface area (Å²) < 4.78 is 11.9. The summed E-state index contributed by atoms with van der Waals surface area (Å²) >= 11 is 0. The molecule has 0 spiro atoms. The fraction of sp³-hybridized carbons (Fsp3) is 1.00. The number of fused-ring (bicyclic) bond motifs is 1. The zero-order valence-electron chi connectivity index (χ0n) is 12.4. The molecule has 4 unspecified atom stereocenters. The van der Waals surface area contributed by atoms with Crippen LogP contribution in [-0.4, -0.2) is 32.1 Å². The summed E-state index contributed by atoms with van der Waals surface area (Å²) in [5.41, 5.74) is 0. The number of hydrogen-bond acceptors (Lipinski definition) is 3. The molecule has 0 bridgehead atoms. The molecule has 0 radical (unpaired) electrons. The van der Waals surface area contributed by atoms with Crippen molar-refractivity contribution in [1.82, 2.24) is 5.32 Å². The zero-order chi connectivity index (χ0) is 13.2. The van der Waals surface area contributed by atoms with Gasteiger partial charge in [-0.25, -0.2) is 0 Å². The van der Waals surface area contributed by atoms with Crippen LogP contribution in [0.4, 0.5) is 0 Å². The molecular weight excluding hydrogens is 238 g/mol. The lowest BCUT2D eigenvalue weighted by Crippen LogP contribution is -2.35. The van der Waals surface area contributed by atoms with Gasteiger partial charge in [-0.1, -0.05) is 6.92 Å². The Balaban J connectivity index is 1.47. The molecular formula is C16H29NO2. The van der Waals surface area contributed by atoms with Crippen LogP contribution in [0.25, 0.3) is 0 Å². The first-order valence-electron chi connectivity index (χ1n) is 8.18. The van der Waals surface area contributed by atoms with Crippen LogP contribution in [0.5, 0.6) is 0 Å². The minimum Gasteiger partial charge on any atom is -0.375 e. The van der Waals surface area contributed by atoms with Gasteiger partial charge in [-0.05, 0) is 56.8 Å². The Bertz CT molecular complexity index is 286. The van der Waals surface area contributed by atoms with Gasteiger partial charge in [0.1, 0.15) is 6.23 Å². The van der Waals surface area contributed by atoms with E-state index in [1.165, 1.54) is 44.9 Å². The molecule has 0 aromatic rings. The Morgan fingerprint density at radius 3 is 2.42 bits per heavy atom. The third-order valence-corrected chi connectivity index (χ3v) is 5.56. The van der Waals surface area contributed by atoms with Gasteiger partial charge in [-0.15, -0.1) is 0 Å². The molecule has 3 fully saturated rings. The highest BCUT2D eigenvalue weighted by atomic mass is 16.5. The zero-order valence-corrected chi connectivity index (χ0v) is 12.4. The second kappa shape index (κ2) is 6.11. The Morgan fingerprint density at radius 2 is 1.68 bits per heavy atom. The Morgan fingerprint density at radius 1 is 0.947 bits per heavy atom. The van der Waals surface area contributed by atoms with Crippen LogP contribution in [0.2, 0.25) is 0 Å². The fourth-order valence-corrected chi connectivity index (χ4v) is 4.32. The topological polar surface area (TPSA) is 30.5 Å². The Labute approximate surface area is 117 Å². The Hall–Kier alpha value is -0.120. The number of nitrogens with one attached hydrogen (secondary N) is 1. The molecule has 3 aliphatic rings. The molecule has 2 saturated carbocycles. The van der Waals surface area contributed by atoms with Gasteiger partial charge >= 0.3 is 0 Å². The molecule has 3 heteroatoms. The summed E-state index contributed by atoms with van der Waals surface area (Å²) in [4.78, 5) is 0. The largest absolute Gasteiger partial charge is 0.375 e. The number of ether oxygens (including phenoxy) is 2. The van der Waals surface area contributed by atoms with Gasteiger partial charge in [0.25, 0.3) is 0 Å². The minimum absolute atomic E-state index is 0.293. The maximum absolute atomic E-state index is 6.39. The molecule has 1 saturated heterocycles. The van der Waals surface area contributed by atoms with Crippen LogP contribution in [0, 0.1) is 17.8 Å². The van der Waals surface area contributed by atoms with Crippen LogP contribution < -0.4 is 5.32 Å². The van der Waals surface area contributed by atoms with Crippen molar-refractivity contribution < 1.29 is 9.47 Å². The van der Waals surface area contributed by atoms with Crippen molar-refractivity contribution in [2.45, 2.75) is 70.3 Å². The van der Waals surface area contributed by atoms with Gasteiger partial charge < -0.3 is 9.47 Å². The van der Waals surface area contributed by atoms with Gasteiger partial charge in [0.15, 0.2) is 0 Å². The third-order valence-electron chi connectivity index (χ3n) is 5.56. The third kappa shape index (κ3) is 3.14. The average Bonchev–Trinajstić information content (AvgIpc) is 2.83. The fourth-order valence-electron chi connectivity index (χ4n) is 4.32. The van der Waals surface area contributed by atoms with E-state index in [0.717, 1.165) is 24.3 Å². The quantitative estimate of drug-likeness (QED) is 0.853. The number of rotatable bonds is 3. The summed E-state index contributed by atoms with van der Waals surface area (Å²) in [7, 11) is 1.83. The molecule has 4 atom stereocenters. The molecule has 19 heavy (non-hydrogen) atoms. The second-order valence-corrected chi connectivity index (χ2v) is 6.94. The van der Waals surface area contributed by atoms with Gasteiger partial charge in [-0.3, -0.25) is 5.32 Å². The van der Waals surface area contributed by atoms with Crippen molar-refractivity contribution in [3.63, 3.8) is 0 Å². The van der Waals surface area contributed by atoms with Crippen LogP contribution in [-0.2, 0) is 9.47 Å². The number of methoxy groups -OCH3 is 1. The summed E-state index contributed by atoms with van der Waals surface area (Å²) in [6.45, 7) is 3.49. The van der Waals surface area contributed by atoms with Crippen molar-refractivity contribution in [2.24, 2.45) is 17.8 Å². The molecule has 110 valence electrons. The van der Waals surface area contributed by atoms with Crippen molar-refractivity contribution in [3.05, 3.63) is 0 Å². The van der Waals surface area contributed by atoms with E-state index in [9.17, 15) is 0 Å². The van der Waals surface area contributed by atoms with E-state index in [4.69, 9.17) is 9.47 Å². The molecule has 0 aromatic carbocycles. The first-order valence-corrected chi connectivity index (χ1v) is 8.18. The highest BCUT2D eigenvalue weighted by Crippen LogP contribution is 2.38. The Kier molecular flexibility index (Phi) is 4.45. The van der Waals surface area contributed by atoms with Gasteiger partial charge in [0.05, 0.1) is 12.2 Å². The maximum atomic E-state index is 6.39. The van der Waals surface area contributed by atoms with Gasteiger partial charge in [-0.2, -0.15) is 0 Å². The van der Waals surface area contributed by atoms with Gasteiger partial charge in [0, 0.05) is 19.6 Å². The van der Waals surface area contributed by atoms with E-state index < -0.39 is 0 Å². The monoisotopic (exact) mass is 267 g/mol. The molecule has 3 nitrogen and oxygen atoms in total. The van der Waals surface area contributed by atoms with Crippen LogP contribution >= 0.6 is 0 Å². The first-order chi connectivity index (χ1) is 9.26. The smallest absolute Gasteiger partial charge is 0.110 e. The van der Waals surface area contributed by atoms with Gasteiger partial charge in [0.2, 0.25) is 0 Å². The van der Waals surface area contributed by atoms with E-state index in [1.807, 2.05) is 7.11 Å².